The molecule has 0 fully saturated rings. The lowest BCUT2D eigenvalue weighted by Crippen LogP contribution is -2.38. The highest BCUT2D eigenvalue weighted by atomic mass is 16.4. The number of carboxylic acids is 1. The van der Waals surface area contributed by atoms with Crippen LogP contribution in [0.4, 0.5) is 0 Å². The summed E-state index contributed by atoms with van der Waals surface area (Å²) in [6, 6.07) is 1.69. The van der Waals surface area contributed by atoms with Crippen molar-refractivity contribution >= 4 is 11.9 Å². The van der Waals surface area contributed by atoms with Gasteiger partial charge in [0, 0.05) is 17.7 Å². The van der Waals surface area contributed by atoms with E-state index in [1.54, 1.807) is 6.07 Å². The number of aromatic nitrogens is 2. The van der Waals surface area contributed by atoms with E-state index < -0.39 is 5.97 Å². The van der Waals surface area contributed by atoms with E-state index in [9.17, 15) is 9.59 Å². The molecule has 0 saturated carbocycles. The van der Waals surface area contributed by atoms with Crippen molar-refractivity contribution in [2.24, 2.45) is 5.92 Å². The van der Waals surface area contributed by atoms with E-state index in [1.807, 2.05) is 34.6 Å². The monoisotopic (exact) mass is 281 g/mol. The van der Waals surface area contributed by atoms with Crippen LogP contribution in [0.3, 0.4) is 0 Å². The lowest BCUT2D eigenvalue weighted by Gasteiger charge is -2.21. The molecule has 0 aromatic carbocycles. The molecular formula is C14H23N3O3. The van der Waals surface area contributed by atoms with Crippen LogP contribution in [0.15, 0.2) is 6.07 Å². The van der Waals surface area contributed by atoms with Gasteiger partial charge in [0.1, 0.15) is 12.2 Å². The molecule has 0 spiro atoms. The molecule has 6 nitrogen and oxygen atoms in total. The van der Waals surface area contributed by atoms with Gasteiger partial charge in [0.15, 0.2) is 0 Å². The zero-order valence-corrected chi connectivity index (χ0v) is 12.7. The molecule has 6 heteroatoms. The number of carbonyl (C=O) groups excluding carboxylic acids is 1. The number of hydrogen-bond donors (Lipinski definition) is 2. The Morgan fingerprint density at radius 3 is 2.40 bits per heavy atom. The highest BCUT2D eigenvalue weighted by molar-refractivity contribution is 5.94. The standard InChI is InChI=1S/C14H23N3O3/c1-9(2)7-17(8-12(18)19)13(20)10-6-11(16-15-10)14(3,4)5/h6,9H,7-8H2,1-5H3,(H,15,16)(H,18,19). The number of rotatable bonds is 5. The Balaban J connectivity index is 2.94. The summed E-state index contributed by atoms with van der Waals surface area (Å²) < 4.78 is 0. The molecule has 0 saturated heterocycles. The third kappa shape index (κ3) is 4.36. The lowest BCUT2D eigenvalue weighted by molar-refractivity contribution is -0.137. The number of aromatic amines is 1. The SMILES string of the molecule is CC(C)CN(CC(=O)O)C(=O)c1cc(C(C)(C)C)[nH]n1. The first-order valence-corrected chi connectivity index (χ1v) is 6.68. The summed E-state index contributed by atoms with van der Waals surface area (Å²) in [7, 11) is 0. The number of H-pyrrole nitrogens is 1. The minimum absolute atomic E-state index is 0.138. The van der Waals surface area contributed by atoms with Crippen LogP contribution < -0.4 is 0 Å². The number of nitrogens with zero attached hydrogens (tertiary/aromatic N) is 2. The van der Waals surface area contributed by atoms with Crippen molar-refractivity contribution in [3.05, 3.63) is 17.5 Å². The molecule has 0 aliphatic carbocycles. The Hall–Kier alpha value is -1.85. The van der Waals surface area contributed by atoms with E-state index in [-0.39, 0.29) is 29.5 Å². The fourth-order valence-electron chi connectivity index (χ4n) is 1.80. The van der Waals surface area contributed by atoms with Crippen LogP contribution in [-0.2, 0) is 10.2 Å². The molecular weight excluding hydrogens is 258 g/mol. The Morgan fingerprint density at radius 2 is 2.00 bits per heavy atom. The Kier molecular flexibility index (Phi) is 4.92. The molecule has 0 aliphatic heterocycles. The fraction of sp³-hybridized carbons (Fsp3) is 0.643. The first-order valence-electron chi connectivity index (χ1n) is 6.68. The average molecular weight is 281 g/mol. The van der Waals surface area contributed by atoms with Crippen LogP contribution in [0.2, 0.25) is 0 Å². The topological polar surface area (TPSA) is 86.3 Å². The molecule has 0 bridgehead atoms. The van der Waals surface area contributed by atoms with Gasteiger partial charge in [-0.15, -0.1) is 0 Å². The van der Waals surface area contributed by atoms with Crippen molar-refractivity contribution in [3.8, 4) is 0 Å². The van der Waals surface area contributed by atoms with Gasteiger partial charge in [0.2, 0.25) is 0 Å². The van der Waals surface area contributed by atoms with E-state index in [0.29, 0.717) is 6.54 Å². The van der Waals surface area contributed by atoms with Crippen molar-refractivity contribution in [3.63, 3.8) is 0 Å². The number of hydrogen-bond acceptors (Lipinski definition) is 3. The maximum absolute atomic E-state index is 12.3. The van der Waals surface area contributed by atoms with Crippen LogP contribution >= 0.6 is 0 Å². The summed E-state index contributed by atoms with van der Waals surface area (Å²) in [5.41, 5.74) is 0.971. The second kappa shape index (κ2) is 6.07. The number of aliphatic carboxylic acids is 1. The predicted molar refractivity (Wildman–Crippen MR) is 75.7 cm³/mol. The largest absolute Gasteiger partial charge is 0.480 e. The third-order valence-electron chi connectivity index (χ3n) is 2.80. The summed E-state index contributed by atoms with van der Waals surface area (Å²) in [4.78, 5) is 24.5. The first-order chi connectivity index (χ1) is 9.11. The van der Waals surface area contributed by atoms with Gasteiger partial charge >= 0.3 is 5.97 Å². The molecule has 1 aromatic rings. The van der Waals surface area contributed by atoms with E-state index in [4.69, 9.17) is 5.11 Å². The molecule has 1 aromatic heterocycles. The van der Waals surface area contributed by atoms with E-state index in [2.05, 4.69) is 10.2 Å². The van der Waals surface area contributed by atoms with Crippen LogP contribution in [0.1, 0.15) is 50.8 Å². The van der Waals surface area contributed by atoms with Crippen molar-refractivity contribution in [2.45, 2.75) is 40.0 Å². The minimum atomic E-state index is -1.02. The maximum Gasteiger partial charge on any atom is 0.323 e. The summed E-state index contributed by atoms with van der Waals surface area (Å²) in [6.45, 7) is 9.99. The van der Waals surface area contributed by atoms with Gasteiger partial charge < -0.3 is 10.0 Å². The van der Waals surface area contributed by atoms with Crippen LogP contribution in [-0.4, -0.2) is 45.2 Å². The Morgan fingerprint density at radius 1 is 1.40 bits per heavy atom. The molecule has 20 heavy (non-hydrogen) atoms. The number of carboxylic acid groups (broad SMARTS) is 1. The summed E-state index contributed by atoms with van der Waals surface area (Å²) in [5, 5.41) is 15.8. The van der Waals surface area contributed by atoms with E-state index >= 15 is 0 Å². The van der Waals surface area contributed by atoms with Crippen LogP contribution in [0.25, 0.3) is 0 Å². The molecule has 0 aliphatic rings. The molecule has 0 radical (unpaired) electrons. The van der Waals surface area contributed by atoms with Gasteiger partial charge in [0.05, 0.1) is 0 Å². The van der Waals surface area contributed by atoms with Gasteiger partial charge in [-0.3, -0.25) is 14.7 Å². The van der Waals surface area contributed by atoms with Crippen molar-refractivity contribution in [1.82, 2.24) is 15.1 Å². The number of amides is 1. The molecule has 1 amide bonds. The normalized spacial score (nSPS) is 11.7. The average Bonchev–Trinajstić information content (AvgIpc) is 2.74. The summed E-state index contributed by atoms with van der Waals surface area (Å²) >= 11 is 0. The highest BCUT2D eigenvalue weighted by Gasteiger charge is 2.24. The molecule has 0 atom stereocenters. The van der Waals surface area contributed by atoms with Crippen molar-refractivity contribution < 1.29 is 14.7 Å². The molecule has 112 valence electrons. The molecule has 0 unspecified atom stereocenters. The lowest BCUT2D eigenvalue weighted by atomic mass is 9.92. The first kappa shape index (κ1) is 16.2. The number of carbonyl (C=O) groups is 2. The van der Waals surface area contributed by atoms with Gasteiger partial charge in [-0.25, -0.2) is 0 Å². The smallest absolute Gasteiger partial charge is 0.323 e. The van der Waals surface area contributed by atoms with Crippen molar-refractivity contribution in [2.75, 3.05) is 13.1 Å². The summed E-state index contributed by atoms with van der Waals surface area (Å²) in [6.07, 6.45) is 0. The van der Waals surface area contributed by atoms with E-state index in [1.165, 1.54) is 4.90 Å². The van der Waals surface area contributed by atoms with Gasteiger partial charge in [0.25, 0.3) is 5.91 Å². The predicted octanol–water partition coefficient (Wildman–Crippen LogP) is 1.89. The Labute approximate surface area is 119 Å². The molecule has 2 N–H and O–H groups in total. The number of nitrogens with one attached hydrogen (secondary N) is 1. The molecule has 1 heterocycles. The van der Waals surface area contributed by atoms with Crippen LogP contribution in [0.5, 0.6) is 0 Å². The zero-order valence-electron chi connectivity index (χ0n) is 12.7. The van der Waals surface area contributed by atoms with Gasteiger partial charge in [-0.2, -0.15) is 5.10 Å². The Bertz CT molecular complexity index is 486. The van der Waals surface area contributed by atoms with Crippen LogP contribution in [0, 0.1) is 5.92 Å². The van der Waals surface area contributed by atoms with Gasteiger partial charge in [-0.05, 0) is 12.0 Å². The third-order valence-corrected chi connectivity index (χ3v) is 2.80. The van der Waals surface area contributed by atoms with Gasteiger partial charge in [-0.1, -0.05) is 34.6 Å². The van der Waals surface area contributed by atoms with E-state index in [0.717, 1.165) is 5.69 Å². The highest BCUT2D eigenvalue weighted by Crippen LogP contribution is 2.20. The maximum atomic E-state index is 12.3. The van der Waals surface area contributed by atoms with Crippen molar-refractivity contribution in [1.29, 1.82) is 0 Å². The second-order valence-corrected chi connectivity index (χ2v) is 6.39. The second-order valence-electron chi connectivity index (χ2n) is 6.39. The zero-order chi connectivity index (χ0) is 15.5. The minimum Gasteiger partial charge on any atom is -0.480 e. The summed E-state index contributed by atoms with van der Waals surface area (Å²) in [5.74, 6) is -1.18. The quantitative estimate of drug-likeness (QED) is 0.863. The molecule has 1 rings (SSSR count). The fourth-order valence-corrected chi connectivity index (χ4v) is 1.80.